The summed E-state index contributed by atoms with van der Waals surface area (Å²) in [6, 6.07) is 0.818. The number of piperidine rings is 1. The lowest BCUT2D eigenvalue weighted by atomic mass is 9.93. The Morgan fingerprint density at radius 1 is 1.18 bits per heavy atom. The molecular weight excluding hydrogens is 300 g/mol. The summed E-state index contributed by atoms with van der Waals surface area (Å²) in [6.45, 7) is 5.79. The first-order chi connectivity index (χ1) is 10.7. The van der Waals surface area contributed by atoms with E-state index in [1.54, 1.807) is 4.90 Å². The number of nitrogens with one attached hydrogen (secondary N) is 1. The lowest BCUT2D eigenvalue weighted by Crippen LogP contribution is -2.52. The monoisotopic (exact) mass is 330 g/mol. The van der Waals surface area contributed by atoms with Crippen molar-refractivity contribution in [2.75, 3.05) is 25.4 Å². The van der Waals surface area contributed by atoms with E-state index in [-0.39, 0.29) is 6.09 Å². The molecule has 1 N–H and O–H groups in total. The lowest BCUT2D eigenvalue weighted by molar-refractivity contribution is 0.0937. The minimum Gasteiger partial charge on any atom is -0.450 e. The molecule has 1 saturated heterocycles. The second-order valence-electron chi connectivity index (χ2n) is 6.23. The van der Waals surface area contributed by atoms with Gasteiger partial charge in [-0.05, 0) is 32.6 Å². The largest absolute Gasteiger partial charge is 0.450 e. The normalized spacial score (nSPS) is 28.4. The summed E-state index contributed by atoms with van der Waals surface area (Å²) < 4.78 is 17.3. The Kier molecular flexibility index (Phi) is 7.15. The van der Waals surface area contributed by atoms with Crippen molar-refractivity contribution in [1.82, 2.24) is 10.2 Å². The summed E-state index contributed by atoms with van der Waals surface area (Å²) in [5, 5.41) is 4.05. The zero-order valence-corrected chi connectivity index (χ0v) is 14.7. The number of likely N-dealkylation sites (tertiary alicyclic amines) is 1. The van der Waals surface area contributed by atoms with Gasteiger partial charge in [0.05, 0.1) is 11.9 Å². The molecule has 2 rings (SSSR count). The molecule has 1 saturated carbocycles. The highest BCUT2D eigenvalue weighted by Crippen LogP contribution is 2.25. The van der Waals surface area contributed by atoms with E-state index in [0.29, 0.717) is 23.9 Å². The highest BCUT2D eigenvalue weighted by molar-refractivity contribution is 7.85. The highest BCUT2D eigenvalue weighted by atomic mass is 32.2. The highest BCUT2D eigenvalue weighted by Gasteiger charge is 2.32. The van der Waals surface area contributed by atoms with E-state index in [2.05, 4.69) is 5.32 Å². The Morgan fingerprint density at radius 3 is 2.50 bits per heavy atom. The molecule has 0 aromatic heterocycles. The molecule has 0 radical (unpaired) electrons. The first-order valence-corrected chi connectivity index (χ1v) is 10.1. The molecule has 0 aromatic rings. The third kappa shape index (κ3) is 4.69. The zero-order chi connectivity index (χ0) is 15.9. The van der Waals surface area contributed by atoms with Gasteiger partial charge in [0.25, 0.3) is 0 Å². The molecule has 1 heterocycles. The Hall–Kier alpha value is -0.620. The van der Waals surface area contributed by atoms with E-state index < -0.39 is 10.8 Å². The van der Waals surface area contributed by atoms with Gasteiger partial charge in [-0.3, -0.25) is 4.21 Å². The number of amides is 1. The van der Waals surface area contributed by atoms with Crippen LogP contribution in [0.5, 0.6) is 0 Å². The van der Waals surface area contributed by atoms with Gasteiger partial charge in [0.1, 0.15) is 0 Å². The Morgan fingerprint density at radius 2 is 1.86 bits per heavy atom. The fourth-order valence-electron chi connectivity index (χ4n) is 3.56. The molecule has 0 bridgehead atoms. The van der Waals surface area contributed by atoms with Gasteiger partial charge in [-0.15, -0.1) is 0 Å². The predicted molar refractivity (Wildman–Crippen MR) is 89.5 cm³/mol. The van der Waals surface area contributed by atoms with Crippen LogP contribution in [0.1, 0.15) is 52.4 Å². The van der Waals surface area contributed by atoms with E-state index in [9.17, 15) is 9.00 Å². The van der Waals surface area contributed by atoms with E-state index in [0.717, 1.165) is 44.5 Å². The Bertz CT molecular complexity index is 384. The van der Waals surface area contributed by atoms with Crippen LogP contribution in [0.25, 0.3) is 0 Å². The topological polar surface area (TPSA) is 58.6 Å². The van der Waals surface area contributed by atoms with Crippen LogP contribution in [-0.4, -0.2) is 58.0 Å². The summed E-state index contributed by atoms with van der Waals surface area (Å²) in [7, 11) is -0.712. The summed E-state index contributed by atoms with van der Waals surface area (Å²) in [5.74, 6) is 0.754. The van der Waals surface area contributed by atoms with Gasteiger partial charge in [-0.25, -0.2) is 4.79 Å². The number of ether oxygens (including phenoxy) is 1. The molecule has 22 heavy (non-hydrogen) atoms. The smallest absolute Gasteiger partial charge is 0.409 e. The third-order valence-corrected chi connectivity index (χ3v) is 6.60. The Balaban J connectivity index is 1.81. The quantitative estimate of drug-likeness (QED) is 0.840. The average Bonchev–Trinajstić information content (AvgIpc) is 2.55. The minimum atomic E-state index is -0.712. The molecule has 2 fully saturated rings. The molecule has 1 aliphatic carbocycles. The number of hydrogen-bond donors (Lipinski definition) is 1. The van der Waals surface area contributed by atoms with Crippen LogP contribution in [0, 0.1) is 0 Å². The maximum absolute atomic E-state index is 12.2. The summed E-state index contributed by atoms with van der Waals surface area (Å²) in [6.07, 6.45) is 6.38. The van der Waals surface area contributed by atoms with Gasteiger partial charge >= 0.3 is 6.09 Å². The van der Waals surface area contributed by atoms with Gasteiger partial charge in [0.2, 0.25) is 0 Å². The van der Waals surface area contributed by atoms with Gasteiger partial charge in [0.15, 0.2) is 0 Å². The SMILES string of the molecule is CCOC(=O)N1CCC(N[C@@H]2CCCC[C@@H]2[S@@](=O)CC)CC1. The number of carbonyl (C=O) groups excluding carboxylic acids is 1. The van der Waals surface area contributed by atoms with E-state index in [1.807, 2.05) is 13.8 Å². The van der Waals surface area contributed by atoms with Gasteiger partial charge < -0.3 is 15.0 Å². The molecule has 1 amide bonds. The van der Waals surface area contributed by atoms with Crippen molar-refractivity contribution in [3.8, 4) is 0 Å². The second kappa shape index (κ2) is 8.87. The van der Waals surface area contributed by atoms with Crippen molar-refractivity contribution in [3.05, 3.63) is 0 Å². The number of nitrogens with zero attached hydrogens (tertiary/aromatic N) is 1. The molecule has 6 heteroatoms. The van der Waals surface area contributed by atoms with E-state index in [4.69, 9.17) is 4.74 Å². The van der Waals surface area contributed by atoms with Crippen molar-refractivity contribution in [2.45, 2.75) is 69.7 Å². The van der Waals surface area contributed by atoms with Gasteiger partial charge in [-0.1, -0.05) is 19.8 Å². The van der Waals surface area contributed by atoms with Crippen LogP contribution < -0.4 is 5.32 Å². The van der Waals surface area contributed by atoms with Crippen LogP contribution >= 0.6 is 0 Å². The van der Waals surface area contributed by atoms with Crippen molar-refractivity contribution >= 4 is 16.9 Å². The number of rotatable bonds is 5. The summed E-state index contributed by atoms with van der Waals surface area (Å²) in [4.78, 5) is 13.5. The lowest BCUT2D eigenvalue weighted by Gasteiger charge is -2.38. The molecular formula is C16H30N2O3S. The molecule has 5 nitrogen and oxygen atoms in total. The van der Waals surface area contributed by atoms with Crippen molar-refractivity contribution in [1.29, 1.82) is 0 Å². The van der Waals surface area contributed by atoms with Crippen molar-refractivity contribution in [3.63, 3.8) is 0 Å². The van der Waals surface area contributed by atoms with Gasteiger partial charge in [-0.2, -0.15) is 0 Å². The Labute approximate surface area is 136 Å². The molecule has 0 spiro atoms. The first-order valence-electron chi connectivity index (χ1n) is 8.70. The average molecular weight is 330 g/mol. The number of carbonyl (C=O) groups is 1. The van der Waals surface area contributed by atoms with Crippen molar-refractivity contribution in [2.24, 2.45) is 0 Å². The zero-order valence-electron chi connectivity index (χ0n) is 13.9. The number of hydrogen-bond acceptors (Lipinski definition) is 4. The van der Waals surface area contributed by atoms with E-state index >= 15 is 0 Å². The maximum atomic E-state index is 12.2. The maximum Gasteiger partial charge on any atom is 0.409 e. The minimum absolute atomic E-state index is 0.191. The second-order valence-corrected chi connectivity index (χ2v) is 8.17. The molecule has 1 aliphatic heterocycles. The van der Waals surface area contributed by atoms with Gasteiger partial charge in [0, 0.05) is 41.7 Å². The van der Waals surface area contributed by atoms with Crippen LogP contribution in [-0.2, 0) is 15.5 Å². The van der Waals surface area contributed by atoms with Crippen molar-refractivity contribution < 1.29 is 13.7 Å². The van der Waals surface area contributed by atoms with Crippen LogP contribution in [0.2, 0.25) is 0 Å². The molecule has 0 aromatic carbocycles. The third-order valence-electron chi connectivity index (χ3n) is 4.80. The fourth-order valence-corrected chi connectivity index (χ4v) is 5.00. The molecule has 128 valence electrons. The summed E-state index contributed by atoms with van der Waals surface area (Å²) in [5.41, 5.74) is 0. The van der Waals surface area contributed by atoms with Crippen LogP contribution in [0.3, 0.4) is 0 Å². The first kappa shape index (κ1) is 17.7. The molecule has 3 atom stereocenters. The van der Waals surface area contributed by atoms with Crippen LogP contribution in [0.4, 0.5) is 4.79 Å². The molecule has 0 unspecified atom stereocenters. The van der Waals surface area contributed by atoms with Crippen LogP contribution in [0.15, 0.2) is 0 Å². The van der Waals surface area contributed by atoms with E-state index in [1.165, 1.54) is 12.8 Å². The molecule has 2 aliphatic rings. The predicted octanol–water partition coefficient (Wildman–Crippen LogP) is 2.28. The fraction of sp³-hybridized carbons (Fsp3) is 0.938. The standard InChI is InChI=1S/C16H30N2O3S/c1-3-21-16(19)18-11-9-13(10-12-18)17-14-7-5-6-8-15(14)22(20)4-2/h13-15,17H,3-12H2,1-2H3/t14-,15+,22+/m1/s1. The summed E-state index contributed by atoms with van der Waals surface area (Å²) >= 11 is 0.